The summed E-state index contributed by atoms with van der Waals surface area (Å²) in [7, 11) is 0. The largest absolute Gasteiger partial charge is 0.471 e. The van der Waals surface area contributed by atoms with E-state index in [4.69, 9.17) is 4.74 Å². The van der Waals surface area contributed by atoms with Gasteiger partial charge in [0.2, 0.25) is 5.88 Å². The van der Waals surface area contributed by atoms with E-state index < -0.39 is 0 Å². The number of nitrogens with zero attached hydrogens (tertiary/aromatic N) is 3. The van der Waals surface area contributed by atoms with Crippen molar-refractivity contribution in [2.75, 3.05) is 6.54 Å². The van der Waals surface area contributed by atoms with Crippen molar-refractivity contribution in [2.45, 2.75) is 32.5 Å². The zero-order valence-corrected chi connectivity index (χ0v) is 11.4. The van der Waals surface area contributed by atoms with Crippen LogP contribution in [0.1, 0.15) is 29.8 Å². The van der Waals surface area contributed by atoms with Gasteiger partial charge in [-0.05, 0) is 24.8 Å². The summed E-state index contributed by atoms with van der Waals surface area (Å²) >= 11 is 0. The van der Waals surface area contributed by atoms with E-state index in [9.17, 15) is 0 Å². The van der Waals surface area contributed by atoms with Gasteiger partial charge in [-0.1, -0.05) is 6.07 Å². The first-order valence-electron chi connectivity index (χ1n) is 7.19. The van der Waals surface area contributed by atoms with Crippen molar-refractivity contribution in [3.8, 4) is 5.88 Å². The second kappa shape index (κ2) is 4.90. The fraction of sp³-hybridized carbons (Fsp3) is 0.467. The van der Waals surface area contributed by atoms with Gasteiger partial charge in [0.15, 0.2) is 0 Å². The Labute approximate surface area is 118 Å². The molecule has 2 aromatic heterocycles. The first-order valence-corrected chi connectivity index (χ1v) is 7.19. The van der Waals surface area contributed by atoms with Gasteiger partial charge >= 0.3 is 0 Å². The molecule has 1 aliphatic carbocycles. The van der Waals surface area contributed by atoms with Gasteiger partial charge < -0.3 is 4.74 Å². The van der Waals surface area contributed by atoms with Crippen LogP contribution in [0.25, 0.3) is 0 Å². The highest BCUT2D eigenvalue weighted by Crippen LogP contribution is 2.33. The minimum atomic E-state index is 0.486. The number of ether oxygens (including phenoxy) is 1. The van der Waals surface area contributed by atoms with Gasteiger partial charge in [0.1, 0.15) is 12.3 Å². The first kappa shape index (κ1) is 11.9. The van der Waals surface area contributed by atoms with E-state index in [2.05, 4.69) is 20.1 Å². The van der Waals surface area contributed by atoms with Crippen LogP contribution in [0.3, 0.4) is 0 Å². The van der Waals surface area contributed by atoms with Crippen molar-refractivity contribution >= 4 is 0 Å². The topological polar surface area (TPSA) is 54.0 Å². The summed E-state index contributed by atoms with van der Waals surface area (Å²) in [5.74, 6) is 1.58. The van der Waals surface area contributed by atoms with Crippen LogP contribution in [-0.2, 0) is 19.7 Å². The number of pyridine rings is 1. The number of nitrogens with one attached hydrogen (secondary N) is 1. The van der Waals surface area contributed by atoms with Crippen LogP contribution in [0.4, 0.5) is 0 Å². The molecule has 1 aliphatic heterocycles. The predicted octanol–water partition coefficient (Wildman–Crippen LogP) is 2.11. The highest BCUT2D eigenvalue weighted by molar-refractivity contribution is 5.29. The molecule has 0 atom stereocenters. The molecule has 20 heavy (non-hydrogen) atoms. The van der Waals surface area contributed by atoms with Crippen molar-refractivity contribution < 1.29 is 4.74 Å². The third kappa shape index (κ3) is 2.41. The molecule has 0 spiro atoms. The van der Waals surface area contributed by atoms with Crippen molar-refractivity contribution in [3.63, 3.8) is 0 Å². The number of aromatic amines is 1. The number of hydrogen-bond acceptors (Lipinski definition) is 4. The summed E-state index contributed by atoms with van der Waals surface area (Å²) < 4.78 is 5.69. The molecule has 2 aromatic rings. The highest BCUT2D eigenvalue weighted by Gasteiger charge is 2.30. The zero-order valence-electron chi connectivity index (χ0n) is 11.4. The molecular weight excluding hydrogens is 252 g/mol. The summed E-state index contributed by atoms with van der Waals surface area (Å²) in [6.07, 6.45) is 4.54. The Bertz CT molecular complexity index is 591. The van der Waals surface area contributed by atoms with Crippen LogP contribution in [0.5, 0.6) is 5.88 Å². The number of aromatic nitrogens is 3. The molecule has 1 N–H and O–H groups in total. The van der Waals surface area contributed by atoms with Crippen molar-refractivity contribution in [1.29, 1.82) is 0 Å². The molecule has 4 rings (SSSR count). The molecule has 2 aliphatic rings. The molecule has 0 radical (unpaired) electrons. The van der Waals surface area contributed by atoms with E-state index in [0.29, 0.717) is 12.5 Å². The van der Waals surface area contributed by atoms with E-state index in [1.54, 1.807) is 6.20 Å². The Kier molecular flexibility index (Phi) is 2.92. The second-order valence-corrected chi connectivity index (χ2v) is 5.70. The fourth-order valence-corrected chi connectivity index (χ4v) is 2.75. The molecular formula is C15H18N4O. The van der Waals surface area contributed by atoms with Crippen molar-refractivity contribution in [2.24, 2.45) is 5.92 Å². The van der Waals surface area contributed by atoms with Gasteiger partial charge in [-0.3, -0.25) is 10.00 Å². The normalized spacial score (nSPS) is 18.2. The van der Waals surface area contributed by atoms with Gasteiger partial charge in [0, 0.05) is 37.5 Å². The Balaban J connectivity index is 1.41. The average Bonchev–Trinajstić information content (AvgIpc) is 3.07. The van der Waals surface area contributed by atoms with Crippen LogP contribution in [0.2, 0.25) is 0 Å². The minimum absolute atomic E-state index is 0.486. The molecule has 5 heteroatoms. The maximum atomic E-state index is 5.69. The molecule has 0 bridgehead atoms. The smallest absolute Gasteiger partial charge is 0.213 e. The monoisotopic (exact) mass is 270 g/mol. The van der Waals surface area contributed by atoms with Crippen molar-refractivity contribution in [1.82, 2.24) is 20.1 Å². The van der Waals surface area contributed by atoms with E-state index >= 15 is 0 Å². The van der Waals surface area contributed by atoms with Crippen LogP contribution in [-0.4, -0.2) is 26.6 Å². The Morgan fingerprint density at radius 2 is 2.25 bits per heavy atom. The quantitative estimate of drug-likeness (QED) is 0.904. The third-order valence-electron chi connectivity index (χ3n) is 4.01. The van der Waals surface area contributed by atoms with Gasteiger partial charge in [-0.25, -0.2) is 4.98 Å². The molecule has 5 nitrogen and oxygen atoms in total. The van der Waals surface area contributed by atoms with Crippen LogP contribution < -0.4 is 4.74 Å². The lowest BCUT2D eigenvalue weighted by Crippen LogP contribution is -2.20. The van der Waals surface area contributed by atoms with Crippen LogP contribution >= 0.6 is 0 Å². The standard InChI is InChI=1S/C15H18N4O/c1-2-6-16-15(3-1)20-10-14-12-8-19(7-11-4-5-11)9-13(12)17-18-14/h1-3,6,11H,4-5,7-10H2,(H,17,18). The summed E-state index contributed by atoms with van der Waals surface area (Å²) in [6, 6.07) is 5.68. The van der Waals surface area contributed by atoms with E-state index in [-0.39, 0.29) is 0 Å². The average molecular weight is 270 g/mol. The zero-order chi connectivity index (χ0) is 13.4. The van der Waals surface area contributed by atoms with Gasteiger partial charge in [-0.15, -0.1) is 0 Å². The van der Waals surface area contributed by atoms with Crippen molar-refractivity contribution in [3.05, 3.63) is 41.3 Å². The van der Waals surface area contributed by atoms with Crippen LogP contribution in [0.15, 0.2) is 24.4 Å². The Hall–Kier alpha value is -1.88. The molecule has 0 aromatic carbocycles. The van der Waals surface area contributed by atoms with Gasteiger partial charge in [0.05, 0.1) is 5.69 Å². The Morgan fingerprint density at radius 3 is 3.05 bits per heavy atom. The molecule has 3 heterocycles. The van der Waals surface area contributed by atoms with E-state index in [1.165, 1.54) is 30.6 Å². The summed E-state index contributed by atoms with van der Waals surface area (Å²) in [6.45, 7) is 3.72. The summed E-state index contributed by atoms with van der Waals surface area (Å²) in [4.78, 5) is 6.67. The lowest BCUT2D eigenvalue weighted by Gasteiger charge is -2.14. The first-order chi connectivity index (χ1) is 9.88. The highest BCUT2D eigenvalue weighted by atomic mass is 16.5. The van der Waals surface area contributed by atoms with E-state index in [0.717, 1.165) is 24.7 Å². The van der Waals surface area contributed by atoms with Gasteiger partial charge in [-0.2, -0.15) is 5.10 Å². The fourth-order valence-electron chi connectivity index (χ4n) is 2.75. The molecule has 0 amide bonds. The molecule has 0 saturated heterocycles. The molecule has 0 unspecified atom stereocenters. The maximum absolute atomic E-state index is 5.69. The second-order valence-electron chi connectivity index (χ2n) is 5.70. The maximum Gasteiger partial charge on any atom is 0.213 e. The third-order valence-corrected chi connectivity index (χ3v) is 4.01. The minimum Gasteiger partial charge on any atom is -0.471 e. The lowest BCUT2D eigenvalue weighted by atomic mass is 10.2. The number of hydrogen-bond donors (Lipinski definition) is 1. The summed E-state index contributed by atoms with van der Waals surface area (Å²) in [5, 5.41) is 7.53. The molecule has 104 valence electrons. The van der Waals surface area contributed by atoms with Crippen LogP contribution in [0, 0.1) is 5.92 Å². The summed E-state index contributed by atoms with van der Waals surface area (Å²) in [5.41, 5.74) is 3.59. The van der Waals surface area contributed by atoms with E-state index in [1.807, 2.05) is 18.2 Å². The molecule has 1 fully saturated rings. The lowest BCUT2D eigenvalue weighted by molar-refractivity contribution is 0.261. The number of rotatable bonds is 5. The number of H-pyrrole nitrogens is 1. The SMILES string of the molecule is c1ccc(OCc2n[nH]c3c2CN(CC2CC2)C3)nc1. The molecule has 1 saturated carbocycles. The number of fused-ring (bicyclic) bond motifs is 1. The van der Waals surface area contributed by atoms with Gasteiger partial charge in [0.25, 0.3) is 0 Å². The predicted molar refractivity (Wildman–Crippen MR) is 74.0 cm³/mol. The Morgan fingerprint density at radius 1 is 1.30 bits per heavy atom.